The van der Waals surface area contributed by atoms with Crippen molar-refractivity contribution in [3.8, 4) is 5.75 Å². The first-order valence-corrected chi connectivity index (χ1v) is 21.4. The molecule has 15 nitrogen and oxygen atoms in total. The van der Waals surface area contributed by atoms with Crippen molar-refractivity contribution in [1.29, 1.82) is 0 Å². The fraction of sp³-hybridized carbons (Fsp3) is 0.0526. The Hall–Kier alpha value is -5.48. The number of nitrogens with zero attached hydrogens (tertiary/aromatic N) is 1. The van der Waals surface area contributed by atoms with Crippen LogP contribution in [-0.2, 0) is 36.2 Å². The molecule has 0 bridgehead atoms. The van der Waals surface area contributed by atoms with Crippen LogP contribution in [0.25, 0.3) is 22.9 Å². The van der Waals surface area contributed by atoms with E-state index >= 15 is 0 Å². The monoisotopic (exact) mass is 970 g/mol. The Labute approximate surface area is 355 Å². The minimum Gasteiger partial charge on any atom is -0.506 e. The van der Waals surface area contributed by atoms with E-state index in [1.807, 2.05) is 36.4 Å². The zero-order chi connectivity index (χ0) is 42.2. The Morgan fingerprint density at radius 1 is 0.776 bits per heavy atom. The average Bonchev–Trinajstić information content (AvgIpc) is 3.17. The molecule has 0 saturated heterocycles. The highest BCUT2D eigenvalue weighted by molar-refractivity contribution is 9.11. The number of carbonyl (C=O) groups excluding carboxylic acids is 2. The lowest BCUT2D eigenvalue weighted by atomic mass is 9.96. The molecule has 0 aliphatic carbocycles. The second kappa shape index (κ2) is 18.9. The molecule has 0 saturated carbocycles. The molecule has 58 heavy (non-hydrogen) atoms. The summed E-state index contributed by atoms with van der Waals surface area (Å²) in [7, 11) is -9.55. The summed E-state index contributed by atoms with van der Waals surface area (Å²) in [4.78, 5) is 25.9. The number of anilines is 2. The number of aromatic hydroxyl groups is 1. The van der Waals surface area contributed by atoms with Crippen LogP contribution < -0.4 is 26.9 Å². The molecule has 1 atom stereocenters. The van der Waals surface area contributed by atoms with Gasteiger partial charge in [-0.05, 0) is 126 Å². The lowest BCUT2D eigenvalue weighted by Crippen LogP contribution is -2.49. The van der Waals surface area contributed by atoms with Gasteiger partial charge in [-0.15, -0.1) is 0 Å². The summed E-state index contributed by atoms with van der Waals surface area (Å²) < 4.78 is 69.4. The molecule has 5 aromatic carbocycles. The van der Waals surface area contributed by atoms with Gasteiger partial charge in [0.15, 0.2) is 5.11 Å². The highest BCUT2D eigenvalue weighted by Crippen LogP contribution is 2.33. The molecule has 20 heteroatoms. The Kier molecular flexibility index (Phi) is 14.2. The van der Waals surface area contributed by atoms with Crippen molar-refractivity contribution in [2.45, 2.75) is 16.2 Å². The van der Waals surface area contributed by atoms with Crippen molar-refractivity contribution in [2.24, 2.45) is 11.0 Å². The second-order valence-electron chi connectivity index (χ2n) is 12.2. The van der Waals surface area contributed by atoms with E-state index in [0.29, 0.717) is 25.8 Å². The minimum atomic E-state index is -4.86. The van der Waals surface area contributed by atoms with E-state index in [1.165, 1.54) is 48.8 Å². The van der Waals surface area contributed by atoms with Crippen molar-refractivity contribution in [1.82, 2.24) is 16.3 Å². The first kappa shape index (κ1) is 43.6. The van der Waals surface area contributed by atoms with Crippen LogP contribution >= 0.6 is 44.1 Å². The van der Waals surface area contributed by atoms with Crippen molar-refractivity contribution < 1.29 is 40.6 Å². The maximum absolute atomic E-state index is 13.5. The molecule has 1 unspecified atom stereocenters. The molecule has 0 spiro atoms. The van der Waals surface area contributed by atoms with Gasteiger partial charge in [-0.2, -0.15) is 21.9 Å². The van der Waals surface area contributed by atoms with Gasteiger partial charge in [-0.25, -0.2) is 5.43 Å². The SMILES string of the molecule is C=CNc1ccc(/C=C/c2ccc(NC(=S)NNC(=O)C(Cc3ccc4ccccc4c3)C(=O)N/N=C/c3cc(Br)c(O)c(Br)c3)cc2S(=O)(=O)O)c(S(=O)(=O)O)c1. The van der Waals surface area contributed by atoms with Crippen LogP contribution in [0.3, 0.4) is 0 Å². The molecule has 0 heterocycles. The van der Waals surface area contributed by atoms with Crippen molar-refractivity contribution in [2.75, 3.05) is 10.6 Å². The zero-order valence-corrected chi connectivity index (χ0v) is 35.3. The highest BCUT2D eigenvalue weighted by Gasteiger charge is 2.28. The third-order valence-corrected chi connectivity index (χ3v) is 11.4. The van der Waals surface area contributed by atoms with Crippen LogP contribution in [0.1, 0.15) is 22.3 Å². The number of benzene rings is 5. The number of thiocarbonyl (C=S) groups is 1. The smallest absolute Gasteiger partial charge is 0.295 e. The maximum atomic E-state index is 13.5. The topological polar surface area (TPSA) is 236 Å². The third-order valence-electron chi connectivity index (χ3n) is 8.17. The Balaban J connectivity index is 1.31. The number of phenols is 1. The fourth-order valence-corrected chi connectivity index (χ4v) is 8.25. The second-order valence-corrected chi connectivity index (χ2v) is 17.1. The predicted molar refractivity (Wildman–Crippen MR) is 233 cm³/mol. The van der Waals surface area contributed by atoms with Gasteiger partial charge in [0.25, 0.3) is 32.1 Å². The molecule has 5 rings (SSSR count). The van der Waals surface area contributed by atoms with Gasteiger partial charge in [0, 0.05) is 11.4 Å². The first-order chi connectivity index (χ1) is 27.4. The predicted octanol–water partition coefficient (Wildman–Crippen LogP) is 6.62. The quantitative estimate of drug-likeness (QED) is 0.0155. The maximum Gasteiger partial charge on any atom is 0.295 e. The number of phenolic OH excluding ortho intramolecular Hbond substituents is 1. The number of hydrogen-bond donors (Lipinski definition) is 8. The first-order valence-electron chi connectivity index (χ1n) is 16.6. The molecule has 2 amide bonds. The van der Waals surface area contributed by atoms with Gasteiger partial charge in [0.05, 0.1) is 15.2 Å². The van der Waals surface area contributed by atoms with Gasteiger partial charge in [-0.1, -0.05) is 73.3 Å². The lowest BCUT2D eigenvalue weighted by Gasteiger charge is -2.18. The number of fused-ring (bicyclic) bond motifs is 1. The number of hydrazine groups is 1. The number of carbonyl (C=O) groups is 2. The molecule has 0 aliphatic heterocycles. The van der Waals surface area contributed by atoms with Crippen molar-refractivity contribution >= 4 is 122 Å². The van der Waals surface area contributed by atoms with E-state index in [9.17, 15) is 40.6 Å². The molecule has 0 fully saturated rings. The lowest BCUT2D eigenvalue weighted by molar-refractivity contribution is -0.135. The molecule has 300 valence electrons. The van der Waals surface area contributed by atoms with Crippen LogP contribution in [0.4, 0.5) is 11.4 Å². The standard InChI is InChI=1S/C38H32Br2N6O9S3/c1-2-41-28-13-11-25(33(19-28)57(50,51)52)9-10-26-12-14-29(20-34(26)58(53,54)55)43-38(56)46-45-37(49)30(16-22-7-8-24-5-3-4-6-27(24)15-22)36(48)44-42-21-23-17-31(39)35(47)32(40)18-23/h2-15,17-21,30,41,47H,1,16H2,(H,44,48)(H,45,49)(H2,43,46,56)(H,50,51,52)(H,53,54,55)/b10-9+,42-21+. The third kappa shape index (κ3) is 11.6. The largest absolute Gasteiger partial charge is 0.506 e. The van der Waals surface area contributed by atoms with E-state index in [0.717, 1.165) is 22.9 Å². The molecular weight excluding hydrogens is 940 g/mol. The van der Waals surface area contributed by atoms with E-state index in [1.54, 1.807) is 18.2 Å². The van der Waals surface area contributed by atoms with E-state index in [-0.39, 0.29) is 34.1 Å². The number of nitrogens with one attached hydrogen (secondary N) is 5. The number of hydrazone groups is 1. The molecule has 0 radical (unpaired) electrons. The number of hydrogen-bond acceptors (Lipinski definition) is 10. The Morgan fingerprint density at radius 3 is 1.97 bits per heavy atom. The van der Waals surface area contributed by atoms with Crippen molar-refractivity contribution in [3.05, 3.63) is 135 Å². The minimum absolute atomic E-state index is 0.0139. The van der Waals surface area contributed by atoms with Crippen LogP contribution in [-0.4, -0.2) is 54.2 Å². The molecule has 0 aliphatic rings. The number of halogens is 2. The Morgan fingerprint density at radius 2 is 1.36 bits per heavy atom. The number of rotatable bonds is 13. The fourth-order valence-electron chi connectivity index (χ4n) is 5.44. The van der Waals surface area contributed by atoms with Crippen LogP contribution in [0.15, 0.2) is 128 Å². The summed E-state index contributed by atoms with van der Waals surface area (Å²) in [6.07, 6.45) is 5.06. The summed E-state index contributed by atoms with van der Waals surface area (Å²) in [6, 6.07) is 24.0. The summed E-state index contributed by atoms with van der Waals surface area (Å²) in [5.41, 5.74) is 8.79. The van der Waals surface area contributed by atoms with Crippen LogP contribution in [0.2, 0.25) is 0 Å². The summed E-state index contributed by atoms with van der Waals surface area (Å²) in [5, 5.41) is 21.0. The van der Waals surface area contributed by atoms with Crippen LogP contribution in [0.5, 0.6) is 5.75 Å². The summed E-state index contributed by atoms with van der Waals surface area (Å²) >= 11 is 11.8. The summed E-state index contributed by atoms with van der Waals surface area (Å²) in [5.74, 6) is -2.90. The normalized spacial score (nSPS) is 12.3. The van der Waals surface area contributed by atoms with E-state index < -0.39 is 47.8 Å². The molecule has 8 N–H and O–H groups in total. The van der Waals surface area contributed by atoms with Crippen LogP contribution in [0, 0.1) is 5.92 Å². The van der Waals surface area contributed by atoms with Gasteiger partial charge in [0.1, 0.15) is 21.5 Å². The average molecular weight is 973 g/mol. The Bertz CT molecular complexity index is 2710. The van der Waals surface area contributed by atoms with E-state index in [4.69, 9.17) is 12.2 Å². The number of amides is 2. The summed E-state index contributed by atoms with van der Waals surface area (Å²) in [6.45, 7) is 3.50. The van der Waals surface area contributed by atoms with Crippen molar-refractivity contribution in [3.63, 3.8) is 0 Å². The van der Waals surface area contributed by atoms with Gasteiger partial charge in [-0.3, -0.25) is 29.5 Å². The molecular formula is C38H32Br2N6O9S3. The van der Waals surface area contributed by atoms with Gasteiger partial charge < -0.3 is 15.7 Å². The molecule has 0 aromatic heterocycles. The zero-order valence-electron chi connectivity index (χ0n) is 29.7. The van der Waals surface area contributed by atoms with E-state index in [2.05, 4.69) is 70.5 Å². The van der Waals surface area contributed by atoms with Gasteiger partial charge in [0.2, 0.25) is 0 Å². The van der Waals surface area contributed by atoms with Gasteiger partial charge >= 0.3 is 0 Å². The highest BCUT2D eigenvalue weighted by atomic mass is 79.9. The molecule has 5 aromatic rings.